The van der Waals surface area contributed by atoms with Gasteiger partial charge in [0.1, 0.15) is 0 Å². The first-order valence-corrected chi connectivity index (χ1v) is 6.13. The Morgan fingerprint density at radius 1 is 1.07 bits per heavy atom. The number of nitrogens with one attached hydrogen (secondary N) is 1. The number of esters is 1. The third-order valence-corrected chi connectivity index (χ3v) is 3.84. The second-order valence-electron chi connectivity index (χ2n) is 4.87. The summed E-state index contributed by atoms with van der Waals surface area (Å²) in [6.45, 7) is 0. The van der Waals surface area contributed by atoms with Gasteiger partial charge in [-0.15, -0.1) is 0 Å². The third kappa shape index (κ3) is 2.71. The predicted octanol–water partition coefficient (Wildman–Crippen LogP) is 1.86. The van der Waals surface area contributed by atoms with Gasteiger partial charge in [0.15, 0.2) is 0 Å². The Morgan fingerprint density at radius 3 is 2.13 bits per heavy atom. The maximum Gasteiger partial charge on any atom is 0.308 e. The van der Waals surface area contributed by atoms with E-state index in [1.54, 1.807) is 0 Å². The molecule has 0 radical (unpaired) electrons. The van der Waals surface area contributed by atoms with E-state index in [-0.39, 0.29) is 11.9 Å². The lowest BCUT2D eigenvalue weighted by atomic mass is 9.84. The van der Waals surface area contributed by atoms with Crippen LogP contribution < -0.4 is 5.32 Å². The van der Waals surface area contributed by atoms with Crippen molar-refractivity contribution in [3.63, 3.8) is 0 Å². The number of methoxy groups -OCH3 is 1. The third-order valence-electron chi connectivity index (χ3n) is 3.84. The Kier molecular flexibility index (Phi) is 3.62. The molecule has 1 N–H and O–H groups in total. The van der Waals surface area contributed by atoms with Crippen molar-refractivity contribution in [1.29, 1.82) is 0 Å². The molecule has 3 heteroatoms. The maximum atomic E-state index is 11.3. The molecule has 15 heavy (non-hydrogen) atoms. The average molecular weight is 211 g/mol. The van der Waals surface area contributed by atoms with Gasteiger partial charge in [-0.2, -0.15) is 0 Å². The Hall–Kier alpha value is -0.570. The maximum absolute atomic E-state index is 11.3. The van der Waals surface area contributed by atoms with Gasteiger partial charge in [-0.05, 0) is 38.5 Å². The molecule has 0 aromatic heterocycles. The van der Waals surface area contributed by atoms with Crippen molar-refractivity contribution < 1.29 is 9.53 Å². The van der Waals surface area contributed by atoms with Crippen LogP contribution in [0.4, 0.5) is 0 Å². The Labute approximate surface area is 91.6 Å². The number of hydrogen-bond donors (Lipinski definition) is 1. The van der Waals surface area contributed by atoms with E-state index in [2.05, 4.69) is 5.32 Å². The van der Waals surface area contributed by atoms with Crippen molar-refractivity contribution in [2.45, 2.75) is 57.0 Å². The highest BCUT2D eigenvalue weighted by Gasteiger charge is 2.29. The quantitative estimate of drug-likeness (QED) is 0.724. The summed E-state index contributed by atoms with van der Waals surface area (Å²) in [5.41, 5.74) is 0. The molecular formula is C12H21NO2. The summed E-state index contributed by atoms with van der Waals surface area (Å²) in [5, 5.41) is 3.68. The van der Waals surface area contributed by atoms with Gasteiger partial charge < -0.3 is 10.1 Å². The molecule has 2 fully saturated rings. The fraction of sp³-hybridized carbons (Fsp3) is 0.917. The fourth-order valence-electron chi connectivity index (χ4n) is 2.57. The summed E-state index contributed by atoms with van der Waals surface area (Å²) in [6, 6.07) is 1.42. The van der Waals surface area contributed by atoms with Crippen LogP contribution in [0.15, 0.2) is 0 Å². The molecule has 2 saturated carbocycles. The molecule has 0 aliphatic heterocycles. The molecule has 0 aromatic carbocycles. The predicted molar refractivity (Wildman–Crippen MR) is 58.5 cm³/mol. The van der Waals surface area contributed by atoms with Crippen LogP contribution in [0.25, 0.3) is 0 Å². The molecule has 3 nitrogen and oxygen atoms in total. The van der Waals surface area contributed by atoms with Crippen molar-refractivity contribution in [3.05, 3.63) is 0 Å². The number of carbonyl (C=O) groups is 1. The molecular weight excluding hydrogens is 190 g/mol. The van der Waals surface area contributed by atoms with E-state index in [1.165, 1.54) is 26.4 Å². The lowest BCUT2D eigenvalue weighted by Gasteiger charge is -2.34. The summed E-state index contributed by atoms with van der Waals surface area (Å²) in [4.78, 5) is 11.3. The Bertz CT molecular complexity index is 218. The minimum Gasteiger partial charge on any atom is -0.469 e. The molecule has 0 atom stereocenters. The Morgan fingerprint density at radius 2 is 1.67 bits per heavy atom. The van der Waals surface area contributed by atoms with Gasteiger partial charge in [-0.1, -0.05) is 6.42 Å². The SMILES string of the molecule is COC(=O)C1CCC(NC2CCC2)CC1. The first-order valence-electron chi connectivity index (χ1n) is 6.13. The zero-order valence-electron chi connectivity index (χ0n) is 9.50. The van der Waals surface area contributed by atoms with Crippen LogP contribution in [0, 0.1) is 5.92 Å². The summed E-state index contributed by atoms with van der Waals surface area (Å²) in [7, 11) is 1.49. The second-order valence-corrected chi connectivity index (χ2v) is 4.87. The molecule has 0 aromatic rings. The monoisotopic (exact) mass is 211 g/mol. The second kappa shape index (κ2) is 4.97. The van der Waals surface area contributed by atoms with E-state index in [9.17, 15) is 4.79 Å². The fourth-order valence-corrected chi connectivity index (χ4v) is 2.57. The summed E-state index contributed by atoms with van der Waals surface area (Å²) < 4.78 is 4.78. The summed E-state index contributed by atoms with van der Waals surface area (Å²) >= 11 is 0. The highest BCUT2D eigenvalue weighted by Crippen LogP contribution is 2.27. The van der Waals surface area contributed by atoms with Crippen LogP contribution in [0.2, 0.25) is 0 Å². The van der Waals surface area contributed by atoms with E-state index < -0.39 is 0 Å². The van der Waals surface area contributed by atoms with Crippen LogP contribution in [0.5, 0.6) is 0 Å². The largest absolute Gasteiger partial charge is 0.469 e. The van der Waals surface area contributed by atoms with Gasteiger partial charge >= 0.3 is 5.97 Å². The molecule has 0 bridgehead atoms. The summed E-state index contributed by atoms with van der Waals surface area (Å²) in [5.74, 6) is 0.145. The molecule has 2 aliphatic carbocycles. The van der Waals surface area contributed by atoms with Crippen LogP contribution >= 0.6 is 0 Å². The molecule has 0 heterocycles. The zero-order valence-corrected chi connectivity index (χ0v) is 9.50. The molecule has 0 saturated heterocycles. The number of hydrogen-bond acceptors (Lipinski definition) is 3. The van der Waals surface area contributed by atoms with Crippen molar-refractivity contribution >= 4 is 5.97 Å². The van der Waals surface area contributed by atoms with Gasteiger partial charge in [-0.3, -0.25) is 4.79 Å². The lowest BCUT2D eigenvalue weighted by molar-refractivity contribution is -0.146. The first kappa shape index (κ1) is 10.9. The van der Waals surface area contributed by atoms with E-state index >= 15 is 0 Å². The average Bonchev–Trinajstić information content (AvgIpc) is 2.23. The lowest BCUT2D eigenvalue weighted by Crippen LogP contribution is -2.44. The number of ether oxygens (including phenoxy) is 1. The van der Waals surface area contributed by atoms with Crippen molar-refractivity contribution in [2.75, 3.05) is 7.11 Å². The standard InChI is InChI=1S/C12H21NO2/c1-15-12(14)9-5-7-11(8-6-9)13-10-3-2-4-10/h9-11,13H,2-8H2,1H3. The molecule has 0 spiro atoms. The molecule has 0 amide bonds. The van der Waals surface area contributed by atoms with Gasteiger partial charge in [0.25, 0.3) is 0 Å². The zero-order chi connectivity index (χ0) is 10.7. The topological polar surface area (TPSA) is 38.3 Å². The van der Waals surface area contributed by atoms with Gasteiger partial charge in [0, 0.05) is 12.1 Å². The van der Waals surface area contributed by atoms with Gasteiger partial charge in [0.2, 0.25) is 0 Å². The van der Waals surface area contributed by atoms with E-state index in [1.807, 2.05) is 0 Å². The van der Waals surface area contributed by atoms with Gasteiger partial charge in [-0.25, -0.2) is 0 Å². The number of carbonyl (C=O) groups excluding carboxylic acids is 1. The van der Waals surface area contributed by atoms with Crippen LogP contribution in [-0.4, -0.2) is 25.2 Å². The molecule has 86 valence electrons. The Balaban J connectivity index is 1.69. The first-order chi connectivity index (χ1) is 7.29. The van der Waals surface area contributed by atoms with Crippen molar-refractivity contribution in [3.8, 4) is 0 Å². The van der Waals surface area contributed by atoms with Gasteiger partial charge in [0.05, 0.1) is 13.0 Å². The molecule has 2 rings (SSSR count). The molecule has 0 unspecified atom stereocenters. The smallest absolute Gasteiger partial charge is 0.308 e. The van der Waals surface area contributed by atoms with Crippen LogP contribution in [0.3, 0.4) is 0 Å². The highest BCUT2D eigenvalue weighted by atomic mass is 16.5. The summed E-state index contributed by atoms with van der Waals surface area (Å²) in [6.07, 6.45) is 8.34. The highest BCUT2D eigenvalue weighted by molar-refractivity contribution is 5.72. The van der Waals surface area contributed by atoms with Crippen LogP contribution in [-0.2, 0) is 9.53 Å². The normalized spacial score (nSPS) is 32.1. The van der Waals surface area contributed by atoms with E-state index in [0.717, 1.165) is 31.7 Å². The van der Waals surface area contributed by atoms with E-state index in [4.69, 9.17) is 4.74 Å². The van der Waals surface area contributed by atoms with E-state index in [0.29, 0.717) is 6.04 Å². The van der Waals surface area contributed by atoms with Crippen molar-refractivity contribution in [1.82, 2.24) is 5.32 Å². The minimum absolute atomic E-state index is 0.0166. The van der Waals surface area contributed by atoms with Crippen LogP contribution in [0.1, 0.15) is 44.9 Å². The van der Waals surface area contributed by atoms with Crippen molar-refractivity contribution in [2.24, 2.45) is 5.92 Å². The molecule has 2 aliphatic rings. The number of rotatable bonds is 3. The minimum atomic E-state index is -0.0166.